The van der Waals surface area contributed by atoms with Crippen molar-refractivity contribution in [3.05, 3.63) is 76.4 Å². The van der Waals surface area contributed by atoms with Crippen molar-refractivity contribution in [2.75, 3.05) is 21.7 Å². The Labute approximate surface area is 184 Å². The van der Waals surface area contributed by atoms with Crippen LogP contribution < -0.4 is 16.0 Å². The van der Waals surface area contributed by atoms with Gasteiger partial charge in [-0.15, -0.1) is 11.8 Å². The molecule has 2 aromatic carbocycles. The molecule has 7 nitrogen and oxygen atoms in total. The number of anilines is 3. The molecule has 1 aromatic heterocycles. The molecule has 150 valence electrons. The van der Waals surface area contributed by atoms with E-state index in [4.69, 9.17) is 0 Å². The van der Waals surface area contributed by atoms with Crippen LogP contribution in [0.4, 0.5) is 17.2 Å². The minimum atomic E-state index is -0.338. The molecular formula is C21H15BrN4O3S. The van der Waals surface area contributed by atoms with Crippen molar-refractivity contribution in [1.29, 1.82) is 0 Å². The number of carbonyl (C=O) groups is 3. The van der Waals surface area contributed by atoms with Gasteiger partial charge in [0.1, 0.15) is 5.82 Å². The number of thioether (sulfide) groups is 1. The Hall–Kier alpha value is -3.17. The van der Waals surface area contributed by atoms with Crippen molar-refractivity contribution in [3.63, 3.8) is 0 Å². The summed E-state index contributed by atoms with van der Waals surface area (Å²) in [6.45, 7) is 0. The molecule has 0 saturated heterocycles. The van der Waals surface area contributed by atoms with E-state index in [1.807, 2.05) is 6.07 Å². The van der Waals surface area contributed by atoms with E-state index in [2.05, 4.69) is 36.9 Å². The summed E-state index contributed by atoms with van der Waals surface area (Å²) in [5.74, 6) is 0.0169. The molecule has 30 heavy (non-hydrogen) atoms. The van der Waals surface area contributed by atoms with E-state index in [-0.39, 0.29) is 17.7 Å². The third-order valence-electron chi connectivity index (χ3n) is 4.23. The maximum atomic E-state index is 12.6. The van der Waals surface area contributed by atoms with Crippen LogP contribution in [0.3, 0.4) is 0 Å². The highest BCUT2D eigenvalue weighted by Crippen LogP contribution is 2.32. The fourth-order valence-corrected chi connectivity index (χ4v) is 3.83. The SMILES string of the molecule is O=C1CSc2ccc(C(=O)Nc3cccc(C(=O)Nc4ccc(Br)cn4)c3)cc2N1. The molecular weight excluding hydrogens is 468 g/mol. The van der Waals surface area contributed by atoms with Gasteiger partial charge in [-0.3, -0.25) is 14.4 Å². The second kappa shape index (κ2) is 8.68. The summed E-state index contributed by atoms with van der Waals surface area (Å²) < 4.78 is 0.811. The Morgan fingerprint density at radius 1 is 1.00 bits per heavy atom. The Balaban J connectivity index is 1.47. The quantitative estimate of drug-likeness (QED) is 0.511. The van der Waals surface area contributed by atoms with Crippen LogP contribution in [-0.2, 0) is 4.79 Å². The molecule has 0 bridgehead atoms. The highest BCUT2D eigenvalue weighted by atomic mass is 79.9. The average Bonchev–Trinajstić information content (AvgIpc) is 2.75. The Bertz CT molecular complexity index is 1150. The minimum Gasteiger partial charge on any atom is -0.324 e. The Morgan fingerprint density at radius 3 is 2.60 bits per heavy atom. The smallest absolute Gasteiger partial charge is 0.256 e. The number of pyridine rings is 1. The maximum Gasteiger partial charge on any atom is 0.256 e. The molecule has 4 rings (SSSR count). The third-order valence-corrected chi connectivity index (χ3v) is 5.77. The predicted molar refractivity (Wildman–Crippen MR) is 120 cm³/mol. The van der Waals surface area contributed by atoms with Gasteiger partial charge < -0.3 is 16.0 Å². The summed E-state index contributed by atoms with van der Waals surface area (Å²) in [5, 5.41) is 8.26. The van der Waals surface area contributed by atoms with E-state index in [1.54, 1.807) is 54.7 Å². The second-order valence-corrected chi connectivity index (χ2v) is 8.33. The van der Waals surface area contributed by atoms with Gasteiger partial charge in [-0.05, 0) is 64.5 Å². The summed E-state index contributed by atoms with van der Waals surface area (Å²) in [7, 11) is 0. The summed E-state index contributed by atoms with van der Waals surface area (Å²) >= 11 is 4.73. The van der Waals surface area contributed by atoms with E-state index in [0.717, 1.165) is 9.37 Å². The molecule has 1 aliphatic heterocycles. The zero-order valence-electron chi connectivity index (χ0n) is 15.4. The van der Waals surface area contributed by atoms with Crippen LogP contribution in [0.5, 0.6) is 0 Å². The van der Waals surface area contributed by atoms with Crippen LogP contribution in [0.25, 0.3) is 0 Å². The van der Waals surface area contributed by atoms with Crippen LogP contribution in [0.1, 0.15) is 20.7 Å². The molecule has 0 aliphatic carbocycles. The number of benzene rings is 2. The summed E-state index contributed by atoms with van der Waals surface area (Å²) in [4.78, 5) is 41.7. The van der Waals surface area contributed by atoms with Gasteiger partial charge in [0.05, 0.1) is 11.4 Å². The predicted octanol–water partition coefficient (Wildman–Crippen LogP) is 4.39. The Morgan fingerprint density at radius 2 is 1.80 bits per heavy atom. The van der Waals surface area contributed by atoms with Crippen LogP contribution in [-0.4, -0.2) is 28.5 Å². The maximum absolute atomic E-state index is 12.6. The van der Waals surface area contributed by atoms with Gasteiger partial charge in [-0.1, -0.05) is 6.07 Å². The molecule has 0 spiro atoms. The third kappa shape index (κ3) is 4.69. The summed E-state index contributed by atoms with van der Waals surface area (Å²) in [6.07, 6.45) is 1.59. The zero-order chi connectivity index (χ0) is 21.1. The summed E-state index contributed by atoms with van der Waals surface area (Å²) in [6, 6.07) is 15.2. The topological polar surface area (TPSA) is 100 Å². The lowest BCUT2D eigenvalue weighted by atomic mass is 10.1. The fraction of sp³-hybridized carbons (Fsp3) is 0.0476. The lowest BCUT2D eigenvalue weighted by Gasteiger charge is -2.17. The molecule has 9 heteroatoms. The average molecular weight is 483 g/mol. The van der Waals surface area contributed by atoms with E-state index in [9.17, 15) is 14.4 Å². The lowest BCUT2D eigenvalue weighted by molar-refractivity contribution is -0.113. The van der Waals surface area contributed by atoms with Crippen molar-refractivity contribution < 1.29 is 14.4 Å². The first-order chi connectivity index (χ1) is 14.5. The van der Waals surface area contributed by atoms with Gasteiger partial charge in [0.15, 0.2) is 0 Å². The highest BCUT2D eigenvalue weighted by molar-refractivity contribution is 9.10. The molecule has 3 aromatic rings. The molecule has 0 unspecified atom stereocenters. The van der Waals surface area contributed by atoms with Crippen LogP contribution in [0.15, 0.2) is 70.2 Å². The molecule has 0 saturated carbocycles. The molecule has 0 radical (unpaired) electrons. The van der Waals surface area contributed by atoms with Crippen LogP contribution in [0, 0.1) is 0 Å². The number of carbonyl (C=O) groups excluding carboxylic acids is 3. The number of fused-ring (bicyclic) bond motifs is 1. The molecule has 0 atom stereocenters. The standard InChI is InChI=1S/C21H15BrN4O3S/c22-14-5-7-18(23-10-14)26-21(29)12-2-1-3-15(8-12)24-20(28)13-4-6-17-16(9-13)25-19(27)11-30-17/h1-10H,11H2,(H,24,28)(H,25,27)(H,23,26,29). The highest BCUT2D eigenvalue weighted by Gasteiger charge is 2.17. The number of hydrogen-bond acceptors (Lipinski definition) is 5. The van der Waals surface area contributed by atoms with Gasteiger partial charge >= 0.3 is 0 Å². The lowest BCUT2D eigenvalue weighted by Crippen LogP contribution is -2.20. The number of aromatic nitrogens is 1. The number of rotatable bonds is 4. The molecule has 0 fully saturated rings. The zero-order valence-corrected chi connectivity index (χ0v) is 17.8. The van der Waals surface area contributed by atoms with Gasteiger partial charge in [0, 0.05) is 32.4 Å². The minimum absolute atomic E-state index is 0.0935. The van der Waals surface area contributed by atoms with Crippen molar-refractivity contribution in [2.24, 2.45) is 0 Å². The number of amides is 3. The normalized spacial score (nSPS) is 12.5. The number of hydrogen-bond donors (Lipinski definition) is 3. The first-order valence-electron chi connectivity index (χ1n) is 8.89. The first-order valence-corrected chi connectivity index (χ1v) is 10.7. The molecule has 1 aliphatic rings. The van der Waals surface area contributed by atoms with Crippen LogP contribution >= 0.6 is 27.7 Å². The van der Waals surface area contributed by atoms with E-state index >= 15 is 0 Å². The van der Waals surface area contributed by atoms with Crippen LogP contribution in [0.2, 0.25) is 0 Å². The van der Waals surface area contributed by atoms with Crippen molar-refractivity contribution >= 4 is 62.6 Å². The molecule has 3 N–H and O–H groups in total. The number of nitrogens with one attached hydrogen (secondary N) is 3. The largest absolute Gasteiger partial charge is 0.324 e. The second-order valence-electron chi connectivity index (χ2n) is 6.40. The summed E-state index contributed by atoms with van der Waals surface area (Å²) in [5.41, 5.74) is 1.89. The van der Waals surface area contributed by atoms with Crippen molar-refractivity contribution in [2.45, 2.75) is 4.90 Å². The number of nitrogens with zero attached hydrogens (tertiary/aromatic N) is 1. The van der Waals surface area contributed by atoms with E-state index in [0.29, 0.717) is 34.1 Å². The Kier molecular flexibility index (Phi) is 5.82. The monoisotopic (exact) mass is 482 g/mol. The van der Waals surface area contributed by atoms with E-state index in [1.165, 1.54) is 11.8 Å². The number of halogens is 1. The molecule has 3 amide bonds. The van der Waals surface area contributed by atoms with Crippen molar-refractivity contribution in [3.8, 4) is 0 Å². The van der Waals surface area contributed by atoms with Gasteiger partial charge in [-0.2, -0.15) is 0 Å². The van der Waals surface area contributed by atoms with Gasteiger partial charge in [-0.25, -0.2) is 4.98 Å². The molecule has 2 heterocycles. The van der Waals surface area contributed by atoms with E-state index < -0.39 is 0 Å². The first kappa shape index (κ1) is 20.1. The van der Waals surface area contributed by atoms with Gasteiger partial charge in [0.2, 0.25) is 5.91 Å². The fourth-order valence-electron chi connectivity index (χ4n) is 2.80. The van der Waals surface area contributed by atoms with Crippen molar-refractivity contribution in [1.82, 2.24) is 4.98 Å². The van der Waals surface area contributed by atoms with Gasteiger partial charge in [0.25, 0.3) is 11.8 Å².